The summed E-state index contributed by atoms with van der Waals surface area (Å²) in [5.74, 6) is -0.929. The fourth-order valence-corrected chi connectivity index (χ4v) is 3.20. The summed E-state index contributed by atoms with van der Waals surface area (Å²) in [5, 5.41) is 11.9. The van der Waals surface area contributed by atoms with Gasteiger partial charge in [0.15, 0.2) is 0 Å². The average molecular weight is 422 g/mol. The maximum atomic E-state index is 12.0. The van der Waals surface area contributed by atoms with E-state index in [0.29, 0.717) is 27.8 Å². The Bertz CT molecular complexity index is 535. The van der Waals surface area contributed by atoms with Gasteiger partial charge in [0.25, 0.3) is 0 Å². The van der Waals surface area contributed by atoms with Crippen LogP contribution in [0.25, 0.3) is 0 Å². The van der Waals surface area contributed by atoms with Crippen LogP contribution in [-0.2, 0) is 4.79 Å². The molecule has 1 rings (SSSR count). The number of carbonyl (C=O) groups excluding carboxylic acids is 1. The number of nitrogens with two attached hydrogens (primary N) is 1. The van der Waals surface area contributed by atoms with Crippen LogP contribution in [0.15, 0.2) is 21.1 Å². The first kappa shape index (κ1) is 18.1. The van der Waals surface area contributed by atoms with Gasteiger partial charge in [-0.25, -0.2) is 4.79 Å². The predicted octanol–water partition coefficient (Wildman–Crippen LogP) is 3.61. The molecule has 0 fully saturated rings. The number of carbonyl (C=O) groups is 2. The quantitative estimate of drug-likeness (QED) is 0.626. The smallest absolute Gasteiger partial charge is 0.337 e. The Balaban J connectivity index is 2.78. The highest BCUT2D eigenvalue weighted by Gasteiger charge is 2.17. The summed E-state index contributed by atoms with van der Waals surface area (Å²) in [6, 6.07) is 3.15. The number of amides is 1. The SMILES string of the molecule is CC(CCN)CCC(=O)Nc1c(Br)cc(Br)cc1C(=O)O. The molecule has 0 aromatic heterocycles. The van der Waals surface area contributed by atoms with Crippen LogP contribution in [0.4, 0.5) is 5.69 Å². The number of anilines is 1. The summed E-state index contributed by atoms with van der Waals surface area (Å²) in [7, 11) is 0. The van der Waals surface area contributed by atoms with Crippen molar-refractivity contribution in [3.63, 3.8) is 0 Å². The molecular weight excluding hydrogens is 404 g/mol. The highest BCUT2D eigenvalue weighted by atomic mass is 79.9. The molecule has 0 heterocycles. The monoisotopic (exact) mass is 420 g/mol. The third kappa shape index (κ3) is 5.76. The summed E-state index contributed by atoms with van der Waals surface area (Å²) in [6.45, 7) is 2.64. The molecule has 5 nitrogen and oxygen atoms in total. The molecule has 0 aliphatic rings. The zero-order chi connectivity index (χ0) is 16.0. The lowest BCUT2D eigenvalue weighted by molar-refractivity contribution is -0.116. The maximum absolute atomic E-state index is 12.0. The van der Waals surface area contributed by atoms with Gasteiger partial charge < -0.3 is 16.2 Å². The van der Waals surface area contributed by atoms with Gasteiger partial charge in [0.2, 0.25) is 5.91 Å². The minimum atomic E-state index is -1.09. The van der Waals surface area contributed by atoms with Gasteiger partial charge in [-0.1, -0.05) is 22.9 Å². The summed E-state index contributed by atoms with van der Waals surface area (Å²) >= 11 is 6.51. The standard InChI is InChI=1S/C14H18Br2N2O3/c1-8(4-5-17)2-3-12(19)18-13-10(14(20)21)6-9(15)7-11(13)16/h6-8H,2-5,17H2,1H3,(H,18,19)(H,20,21). The van der Waals surface area contributed by atoms with E-state index in [2.05, 4.69) is 37.2 Å². The van der Waals surface area contributed by atoms with E-state index in [1.54, 1.807) is 6.07 Å². The van der Waals surface area contributed by atoms with Crippen molar-refractivity contribution >= 4 is 49.4 Å². The molecule has 21 heavy (non-hydrogen) atoms. The van der Waals surface area contributed by atoms with Crippen LogP contribution in [0, 0.1) is 5.92 Å². The molecular formula is C14H18Br2N2O3. The van der Waals surface area contributed by atoms with Crippen molar-refractivity contribution in [2.45, 2.75) is 26.2 Å². The Hall–Kier alpha value is -0.920. The first-order valence-corrected chi connectivity index (χ1v) is 8.16. The molecule has 1 amide bonds. The number of halogens is 2. The molecule has 0 saturated heterocycles. The Labute approximate surface area is 140 Å². The van der Waals surface area contributed by atoms with Gasteiger partial charge in [-0.05, 0) is 53.4 Å². The fraction of sp³-hybridized carbons (Fsp3) is 0.429. The highest BCUT2D eigenvalue weighted by molar-refractivity contribution is 9.11. The Morgan fingerprint density at radius 3 is 2.57 bits per heavy atom. The average Bonchev–Trinajstić information content (AvgIpc) is 2.39. The molecule has 0 spiro atoms. The number of hydrogen-bond donors (Lipinski definition) is 3. The number of carboxylic acids is 1. The molecule has 4 N–H and O–H groups in total. The van der Waals surface area contributed by atoms with E-state index < -0.39 is 5.97 Å². The third-order valence-corrected chi connectivity index (χ3v) is 4.16. The normalized spacial score (nSPS) is 12.0. The molecule has 1 aromatic rings. The minimum absolute atomic E-state index is 0.0413. The van der Waals surface area contributed by atoms with E-state index in [1.165, 1.54) is 6.07 Å². The minimum Gasteiger partial charge on any atom is -0.478 e. The highest BCUT2D eigenvalue weighted by Crippen LogP contribution is 2.31. The van der Waals surface area contributed by atoms with E-state index in [0.717, 1.165) is 12.8 Å². The number of nitrogens with one attached hydrogen (secondary N) is 1. The van der Waals surface area contributed by atoms with Crippen molar-refractivity contribution in [2.75, 3.05) is 11.9 Å². The first-order chi connectivity index (χ1) is 9.85. The summed E-state index contributed by atoms with van der Waals surface area (Å²) in [5.41, 5.74) is 5.79. The van der Waals surface area contributed by atoms with E-state index in [9.17, 15) is 14.7 Å². The largest absolute Gasteiger partial charge is 0.478 e. The van der Waals surface area contributed by atoms with Gasteiger partial charge in [-0.3, -0.25) is 4.79 Å². The van der Waals surface area contributed by atoms with Gasteiger partial charge in [0, 0.05) is 15.4 Å². The lowest BCUT2D eigenvalue weighted by Gasteiger charge is -2.13. The number of aromatic carboxylic acids is 1. The topological polar surface area (TPSA) is 92.4 Å². The van der Waals surface area contributed by atoms with Gasteiger partial charge in [0.1, 0.15) is 0 Å². The predicted molar refractivity (Wildman–Crippen MR) is 89.5 cm³/mol. The second kappa shape index (κ2) is 8.51. The Morgan fingerprint density at radius 1 is 1.33 bits per heavy atom. The second-order valence-electron chi connectivity index (χ2n) is 4.88. The van der Waals surface area contributed by atoms with E-state index in [1.807, 2.05) is 6.92 Å². The molecule has 1 atom stereocenters. The van der Waals surface area contributed by atoms with Crippen molar-refractivity contribution in [3.8, 4) is 0 Å². The van der Waals surface area contributed by atoms with Crippen molar-refractivity contribution < 1.29 is 14.7 Å². The number of rotatable bonds is 7. The molecule has 7 heteroatoms. The van der Waals surface area contributed by atoms with Crippen LogP contribution in [0.1, 0.15) is 36.5 Å². The molecule has 0 aliphatic heterocycles. The van der Waals surface area contributed by atoms with Gasteiger partial charge >= 0.3 is 5.97 Å². The van der Waals surface area contributed by atoms with Crippen molar-refractivity contribution in [3.05, 3.63) is 26.6 Å². The molecule has 0 bridgehead atoms. The Morgan fingerprint density at radius 2 is 2.00 bits per heavy atom. The van der Waals surface area contributed by atoms with Crippen LogP contribution in [0.5, 0.6) is 0 Å². The van der Waals surface area contributed by atoms with E-state index in [4.69, 9.17) is 5.73 Å². The second-order valence-corrected chi connectivity index (χ2v) is 6.65. The van der Waals surface area contributed by atoms with Crippen LogP contribution in [0.2, 0.25) is 0 Å². The number of benzene rings is 1. The van der Waals surface area contributed by atoms with Crippen molar-refractivity contribution in [1.82, 2.24) is 0 Å². The Kier molecular flexibility index (Phi) is 7.34. The maximum Gasteiger partial charge on any atom is 0.337 e. The molecule has 1 unspecified atom stereocenters. The van der Waals surface area contributed by atoms with Crippen LogP contribution in [0.3, 0.4) is 0 Å². The van der Waals surface area contributed by atoms with Crippen molar-refractivity contribution in [2.24, 2.45) is 11.7 Å². The fourth-order valence-electron chi connectivity index (χ4n) is 1.88. The molecule has 0 radical (unpaired) electrons. The molecule has 1 aromatic carbocycles. The van der Waals surface area contributed by atoms with Gasteiger partial charge in [-0.15, -0.1) is 0 Å². The third-order valence-electron chi connectivity index (χ3n) is 3.07. The summed E-state index contributed by atoms with van der Waals surface area (Å²) < 4.78 is 1.15. The van der Waals surface area contributed by atoms with Crippen LogP contribution < -0.4 is 11.1 Å². The first-order valence-electron chi connectivity index (χ1n) is 6.57. The van der Waals surface area contributed by atoms with E-state index in [-0.39, 0.29) is 17.2 Å². The zero-order valence-corrected chi connectivity index (χ0v) is 14.8. The van der Waals surface area contributed by atoms with E-state index >= 15 is 0 Å². The summed E-state index contributed by atoms with van der Waals surface area (Å²) in [6.07, 6.45) is 1.93. The number of carboxylic acid groups (broad SMARTS) is 1. The van der Waals surface area contributed by atoms with Gasteiger partial charge in [0.05, 0.1) is 11.3 Å². The summed E-state index contributed by atoms with van der Waals surface area (Å²) in [4.78, 5) is 23.2. The van der Waals surface area contributed by atoms with Crippen LogP contribution in [-0.4, -0.2) is 23.5 Å². The number of hydrogen-bond acceptors (Lipinski definition) is 3. The van der Waals surface area contributed by atoms with Gasteiger partial charge in [-0.2, -0.15) is 0 Å². The molecule has 116 valence electrons. The lowest BCUT2D eigenvalue weighted by Crippen LogP contribution is -2.16. The van der Waals surface area contributed by atoms with Crippen LogP contribution >= 0.6 is 31.9 Å². The molecule has 0 aliphatic carbocycles. The zero-order valence-electron chi connectivity index (χ0n) is 11.7. The van der Waals surface area contributed by atoms with Crippen molar-refractivity contribution in [1.29, 1.82) is 0 Å². The molecule has 0 saturated carbocycles. The lowest BCUT2D eigenvalue weighted by atomic mass is 10.0.